The lowest BCUT2D eigenvalue weighted by atomic mass is 9.89. The highest BCUT2D eigenvalue weighted by atomic mass is 16.5. The SMILES string of the molecule is Cc1cc(OC(C)(C)C(C)(C)O)ccc1N1CCN(C)CC1. The third-order valence-electron chi connectivity index (χ3n) is 4.86. The van der Waals surface area contributed by atoms with Crippen molar-refractivity contribution in [1.82, 2.24) is 4.90 Å². The van der Waals surface area contributed by atoms with E-state index in [1.54, 1.807) is 13.8 Å². The van der Waals surface area contributed by atoms with Crippen molar-refractivity contribution in [1.29, 1.82) is 0 Å². The zero-order valence-corrected chi connectivity index (χ0v) is 14.8. The Morgan fingerprint density at radius 1 is 1.05 bits per heavy atom. The number of likely N-dealkylation sites (N-methyl/N-ethyl adjacent to an activating group) is 1. The van der Waals surface area contributed by atoms with Gasteiger partial charge in [-0.1, -0.05) is 0 Å². The predicted molar refractivity (Wildman–Crippen MR) is 91.9 cm³/mol. The molecule has 22 heavy (non-hydrogen) atoms. The molecule has 0 bridgehead atoms. The molecule has 0 saturated carbocycles. The molecule has 1 aromatic rings. The molecule has 1 aromatic carbocycles. The van der Waals surface area contributed by atoms with E-state index in [4.69, 9.17) is 4.74 Å². The van der Waals surface area contributed by atoms with E-state index in [1.165, 1.54) is 11.3 Å². The van der Waals surface area contributed by atoms with Crippen LogP contribution in [0.15, 0.2) is 18.2 Å². The number of hydrogen-bond donors (Lipinski definition) is 1. The van der Waals surface area contributed by atoms with Gasteiger partial charge in [0.25, 0.3) is 0 Å². The number of aliphatic hydroxyl groups is 1. The van der Waals surface area contributed by atoms with Crippen LogP contribution in [-0.2, 0) is 0 Å². The van der Waals surface area contributed by atoms with Gasteiger partial charge >= 0.3 is 0 Å². The molecule has 1 aliphatic rings. The summed E-state index contributed by atoms with van der Waals surface area (Å²) in [6.45, 7) is 13.8. The first-order valence-electron chi connectivity index (χ1n) is 8.06. The first-order valence-corrected chi connectivity index (χ1v) is 8.06. The number of aryl methyl sites for hydroxylation is 1. The fraction of sp³-hybridized carbons (Fsp3) is 0.667. The third-order valence-corrected chi connectivity index (χ3v) is 4.86. The lowest BCUT2D eigenvalue weighted by Gasteiger charge is -2.38. The summed E-state index contributed by atoms with van der Waals surface area (Å²) in [5, 5.41) is 10.2. The molecule has 0 radical (unpaired) electrons. The van der Waals surface area contributed by atoms with Gasteiger partial charge in [0.2, 0.25) is 0 Å². The lowest BCUT2D eigenvalue weighted by molar-refractivity contribution is -0.0906. The van der Waals surface area contributed by atoms with Gasteiger partial charge in [-0.15, -0.1) is 0 Å². The van der Waals surface area contributed by atoms with Crippen LogP contribution in [0.25, 0.3) is 0 Å². The van der Waals surface area contributed by atoms with E-state index in [0.29, 0.717) is 0 Å². The van der Waals surface area contributed by atoms with Crippen LogP contribution in [0.1, 0.15) is 33.3 Å². The number of anilines is 1. The van der Waals surface area contributed by atoms with Gasteiger partial charge in [0.1, 0.15) is 11.4 Å². The number of piperazine rings is 1. The maximum atomic E-state index is 10.2. The Bertz CT molecular complexity index is 512. The second-order valence-corrected chi connectivity index (χ2v) is 7.41. The molecule has 1 N–H and O–H groups in total. The lowest BCUT2D eigenvalue weighted by Crippen LogP contribution is -2.49. The Balaban J connectivity index is 2.13. The largest absolute Gasteiger partial charge is 0.485 e. The van der Waals surface area contributed by atoms with Crippen molar-refractivity contribution < 1.29 is 9.84 Å². The van der Waals surface area contributed by atoms with Crippen LogP contribution in [0.2, 0.25) is 0 Å². The summed E-state index contributed by atoms with van der Waals surface area (Å²) in [5.41, 5.74) is 0.946. The van der Waals surface area contributed by atoms with Gasteiger partial charge in [-0.05, 0) is 65.4 Å². The van der Waals surface area contributed by atoms with Crippen LogP contribution < -0.4 is 9.64 Å². The molecule has 0 aromatic heterocycles. The molecule has 2 rings (SSSR count). The second-order valence-electron chi connectivity index (χ2n) is 7.41. The van der Waals surface area contributed by atoms with Gasteiger partial charge in [-0.2, -0.15) is 0 Å². The van der Waals surface area contributed by atoms with E-state index in [1.807, 2.05) is 19.9 Å². The predicted octanol–water partition coefficient (Wildman–Crippen LogP) is 2.68. The molecule has 0 aliphatic carbocycles. The monoisotopic (exact) mass is 306 g/mol. The zero-order valence-electron chi connectivity index (χ0n) is 14.8. The van der Waals surface area contributed by atoms with E-state index in [2.05, 4.69) is 35.9 Å². The minimum Gasteiger partial charge on any atom is -0.485 e. The average molecular weight is 306 g/mol. The molecule has 0 atom stereocenters. The molecular formula is C18H30N2O2. The van der Waals surface area contributed by atoms with E-state index in [0.717, 1.165) is 31.9 Å². The molecule has 1 saturated heterocycles. The first-order chi connectivity index (χ1) is 10.1. The van der Waals surface area contributed by atoms with Crippen LogP contribution in [0.3, 0.4) is 0 Å². The van der Waals surface area contributed by atoms with Crippen LogP contribution in [-0.4, -0.2) is 54.4 Å². The summed E-state index contributed by atoms with van der Waals surface area (Å²) in [4.78, 5) is 4.79. The van der Waals surface area contributed by atoms with E-state index >= 15 is 0 Å². The summed E-state index contributed by atoms with van der Waals surface area (Å²) in [5.74, 6) is 0.808. The molecular weight excluding hydrogens is 276 g/mol. The van der Waals surface area contributed by atoms with Crippen LogP contribution >= 0.6 is 0 Å². The molecule has 1 fully saturated rings. The van der Waals surface area contributed by atoms with Crippen molar-refractivity contribution >= 4 is 5.69 Å². The fourth-order valence-corrected chi connectivity index (χ4v) is 2.51. The smallest absolute Gasteiger partial charge is 0.131 e. The molecule has 1 heterocycles. The Labute approximate surface area is 134 Å². The van der Waals surface area contributed by atoms with Crippen LogP contribution in [0, 0.1) is 6.92 Å². The van der Waals surface area contributed by atoms with Crippen molar-refractivity contribution in [3.63, 3.8) is 0 Å². The quantitative estimate of drug-likeness (QED) is 0.928. The van der Waals surface area contributed by atoms with E-state index in [9.17, 15) is 5.11 Å². The van der Waals surface area contributed by atoms with Gasteiger partial charge < -0.3 is 19.6 Å². The van der Waals surface area contributed by atoms with Crippen molar-refractivity contribution in [3.8, 4) is 5.75 Å². The molecule has 0 amide bonds. The topological polar surface area (TPSA) is 35.9 Å². The van der Waals surface area contributed by atoms with Gasteiger partial charge in [0.15, 0.2) is 0 Å². The first kappa shape index (κ1) is 17.1. The Kier molecular flexibility index (Phi) is 4.73. The maximum Gasteiger partial charge on any atom is 0.131 e. The molecule has 1 aliphatic heterocycles. The number of ether oxygens (including phenoxy) is 1. The molecule has 0 spiro atoms. The Morgan fingerprint density at radius 3 is 2.14 bits per heavy atom. The van der Waals surface area contributed by atoms with Gasteiger partial charge in [-0.25, -0.2) is 0 Å². The summed E-state index contributed by atoms with van der Waals surface area (Å²) >= 11 is 0. The molecule has 0 unspecified atom stereocenters. The molecule has 4 nitrogen and oxygen atoms in total. The summed E-state index contributed by atoms with van der Waals surface area (Å²) < 4.78 is 6.03. The number of nitrogens with zero attached hydrogens (tertiary/aromatic N) is 2. The maximum absolute atomic E-state index is 10.2. The number of benzene rings is 1. The standard InChI is InChI=1S/C18H30N2O2/c1-14-13-15(22-18(4,5)17(2,3)21)7-8-16(14)20-11-9-19(6)10-12-20/h7-8,13,21H,9-12H2,1-6H3. The van der Waals surface area contributed by atoms with E-state index in [-0.39, 0.29) is 0 Å². The van der Waals surface area contributed by atoms with Gasteiger partial charge in [0, 0.05) is 31.9 Å². The highest BCUT2D eigenvalue weighted by Gasteiger charge is 2.37. The van der Waals surface area contributed by atoms with Crippen molar-refractivity contribution in [2.45, 2.75) is 45.8 Å². The third kappa shape index (κ3) is 3.73. The van der Waals surface area contributed by atoms with Crippen molar-refractivity contribution in [2.24, 2.45) is 0 Å². The van der Waals surface area contributed by atoms with Crippen LogP contribution in [0.4, 0.5) is 5.69 Å². The zero-order chi connectivity index (χ0) is 16.5. The number of hydrogen-bond acceptors (Lipinski definition) is 4. The Morgan fingerprint density at radius 2 is 1.64 bits per heavy atom. The minimum absolute atomic E-state index is 0.644. The number of rotatable bonds is 4. The van der Waals surface area contributed by atoms with E-state index < -0.39 is 11.2 Å². The molecule has 124 valence electrons. The average Bonchev–Trinajstić information content (AvgIpc) is 2.38. The normalized spacial score (nSPS) is 17.7. The summed E-state index contributed by atoms with van der Waals surface area (Å²) in [7, 11) is 2.17. The highest BCUT2D eigenvalue weighted by molar-refractivity contribution is 5.56. The summed E-state index contributed by atoms with van der Waals surface area (Å²) in [6, 6.07) is 6.21. The van der Waals surface area contributed by atoms with Gasteiger partial charge in [-0.3, -0.25) is 0 Å². The van der Waals surface area contributed by atoms with Gasteiger partial charge in [0.05, 0.1) is 5.60 Å². The summed E-state index contributed by atoms with van der Waals surface area (Å²) in [6.07, 6.45) is 0. The van der Waals surface area contributed by atoms with Crippen molar-refractivity contribution in [2.75, 3.05) is 38.1 Å². The van der Waals surface area contributed by atoms with Crippen LogP contribution in [0.5, 0.6) is 5.75 Å². The highest BCUT2D eigenvalue weighted by Crippen LogP contribution is 2.31. The van der Waals surface area contributed by atoms with Crippen molar-refractivity contribution in [3.05, 3.63) is 23.8 Å². The Hall–Kier alpha value is -1.26. The second kappa shape index (κ2) is 6.09. The minimum atomic E-state index is -0.906. The molecule has 4 heteroatoms. The fourth-order valence-electron chi connectivity index (χ4n) is 2.51.